The highest BCUT2D eigenvalue weighted by molar-refractivity contribution is 7.90. The Morgan fingerprint density at radius 1 is 0.857 bits per heavy atom. The Kier molecular flexibility index (Phi) is 6.66. The van der Waals surface area contributed by atoms with Crippen LogP contribution in [0.25, 0.3) is 11.3 Å². The van der Waals surface area contributed by atoms with E-state index in [9.17, 15) is 13.2 Å². The number of carbonyl (C=O) groups excluding carboxylic acids is 1. The van der Waals surface area contributed by atoms with Gasteiger partial charge < -0.3 is 4.74 Å². The fourth-order valence-electron chi connectivity index (χ4n) is 3.49. The van der Waals surface area contributed by atoms with Crippen LogP contribution in [0.3, 0.4) is 0 Å². The normalized spacial score (nSPS) is 11.2. The van der Waals surface area contributed by atoms with Gasteiger partial charge in [0.1, 0.15) is 11.3 Å². The molecule has 35 heavy (non-hydrogen) atoms. The van der Waals surface area contributed by atoms with Crippen LogP contribution >= 0.6 is 0 Å². The summed E-state index contributed by atoms with van der Waals surface area (Å²) in [5.74, 6) is -0.350. The molecule has 2 heterocycles. The second-order valence-corrected chi connectivity index (χ2v) is 9.97. The third-order valence-corrected chi connectivity index (χ3v) is 6.59. The van der Waals surface area contributed by atoms with Crippen LogP contribution in [-0.2, 0) is 10.0 Å². The Bertz CT molecular complexity index is 1530. The third-order valence-electron chi connectivity index (χ3n) is 5.35. The summed E-state index contributed by atoms with van der Waals surface area (Å²) in [6, 6.07) is 21.1. The van der Waals surface area contributed by atoms with Crippen molar-refractivity contribution in [3.05, 3.63) is 101 Å². The first kappa shape index (κ1) is 24.1. The number of benzene rings is 2. The molecule has 0 atom stereocenters. The van der Waals surface area contributed by atoms with Gasteiger partial charge in [0.05, 0.1) is 5.69 Å². The van der Waals surface area contributed by atoms with Gasteiger partial charge >= 0.3 is 0 Å². The molecule has 2 aromatic carbocycles. The maximum atomic E-state index is 13.1. The predicted molar refractivity (Wildman–Crippen MR) is 138 cm³/mol. The summed E-state index contributed by atoms with van der Waals surface area (Å²) in [6.45, 7) is 7.52. The molecule has 0 aliphatic carbocycles. The van der Waals surface area contributed by atoms with Gasteiger partial charge in [0, 0.05) is 14.1 Å². The highest BCUT2D eigenvalue weighted by atomic mass is 32.2. The highest BCUT2D eigenvalue weighted by Crippen LogP contribution is 2.30. The van der Waals surface area contributed by atoms with Gasteiger partial charge in [-0.3, -0.25) is 4.79 Å². The number of hydrogen-bond acceptors (Lipinski definition) is 6. The van der Waals surface area contributed by atoms with Crippen LogP contribution < -0.4 is 9.46 Å². The standard InChI is InChI=1S/C27H25N3O4S.2H2/c1-17-8-11-21(12-9-17)23-14-13-22(27(29-23)34-24-15-10-18(2)16-19(24)3)26(31)30-35(32,33)25-7-5-6-20(4)28-25;;/h5-16H,1-4H3,(H,30,31);2*1H. The summed E-state index contributed by atoms with van der Waals surface area (Å²) >= 11 is 0. The molecule has 0 unspecified atom stereocenters. The molecule has 1 amide bonds. The number of sulfonamides is 1. The van der Waals surface area contributed by atoms with Crippen molar-refractivity contribution >= 4 is 15.9 Å². The lowest BCUT2D eigenvalue weighted by molar-refractivity contribution is 0.0978. The minimum atomic E-state index is -4.19. The van der Waals surface area contributed by atoms with Crippen LogP contribution in [0, 0.1) is 27.7 Å². The van der Waals surface area contributed by atoms with E-state index in [1.54, 1.807) is 31.2 Å². The first-order valence-corrected chi connectivity index (χ1v) is 12.4. The molecule has 182 valence electrons. The van der Waals surface area contributed by atoms with Crippen molar-refractivity contribution in [3.8, 4) is 22.9 Å². The molecule has 0 aliphatic heterocycles. The van der Waals surface area contributed by atoms with E-state index in [-0.39, 0.29) is 19.3 Å². The number of amides is 1. The first-order valence-electron chi connectivity index (χ1n) is 11.0. The number of rotatable bonds is 6. The van der Waals surface area contributed by atoms with Crippen molar-refractivity contribution in [1.29, 1.82) is 0 Å². The summed E-state index contributed by atoms with van der Waals surface area (Å²) in [7, 11) is -4.19. The van der Waals surface area contributed by atoms with Crippen molar-refractivity contribution < 1.29 is 20.8 Å². The Morgan fingerprint density at radius 2 is 1.57 bits per heavy atom. The predicted octanol–water partition coefficient (Wildman–Crippen LogP) is 5.78. The number of aryl methyl sites for hydroxylation is 4. The van der Waals surface area contributed by atoms with Crippen molar-refractivity contribution in [3.63, 3.8) is 0 Å². The lowest BCUT2D eigenvalue weighted by Crippen LogP contribution is -2.31. The number of carbonyl (C=O) groups is 1. The van der Waals surface area contributed by atoms with E-state index in [0.29, 0.717) is 17.1 Å². The molecule has 2 aromatic heterocycles. The molecule has 0 spiro atoms. The molecule has 4 aromatic rings. The van der Waals surface area contributed by atoms with Gasteiger partial charge in [0.15, 0.2) is 5.03 Å². The van der Waals surface area contributed by atoms with E-state index in [2.05, 4.69) is 14.7 Å². The van der Waals surface area contributed by atoms with E-state index in [1.165, 1.54) is 12.1 Å². The van der Waals surface area contributed by atoms with Crippen LogP contribution in [0.5, 0.6) is 11.6 Å². The SMILES string of the molecule is Cc1ccc(-c2ccc(C(=O)NS(=O)(=O)c3cccc(C)n3)c(Oc3ccc(C)cc3C)n2)cc1.[HH].[HH]. The van der Waals surface area contributed by atoms with E-state index in [1.807, 2.05) is 57.2 Å². The Morgan fingerprint density at radius 3 is 2.26 bits per heavy atom. The Labute approximate surface area is 207 Å². The van der Waals surface area contributed by atoms with Crippen LogP contribution in [-0.4, -0.2) is 24.3 Å². The van der Waals surface area contributed by atoms with Gasteiger partial charge in [0.2, 0.25) is 5.88 Å². The van der Waals surface area contributed by atoms with Crippen LogP contribution in [0.15, 0.2) is 77.8 Å². The monoisotopic (exact) mass is 491 g/mol. The summed E-state index contributed by atoms with van der Waals surface area (Å²) < 4.78 is 33.7. The Balaban J connectivity index is 0.00000241. The average molecular weight is 492 g/mol. The lowest BCUT2D eigenvalue weighted by Gasteiger charge is -2.14. The number of pyridine rings is 2. The minimum absolute atomic E-state index is 0. The van der Waals surface area contributed by atoms with Gasteiger partial charge in [-0.25, -0.2) is 14.7 Å². The van der Waals surface area contributed by atoms with Crippen LogP contribution in [0.4, 0.5) is 0 Å². The maximum Gasteiger partial charge on any atom is 0.281 e. The van der Waals surface area contributed by atoms with Crippen molar-refractivity contribution in [2.45, 2.75) is 32.7 Å². The summed E-state index contributed by atoms with van der Waals surface area (Å²) in [5, 5.41) is -0.244. The van der Waals surface area contributed by atoms with E-state index >= 15 is 0 Å². The van der Waals surface area contributed by atoms with E-state index in [4.69, 9.17) is 4.74 Å². The summed E-state index contributed by atoms with van der Waals surface area (Å²) in [4.78, 5) is 21.7. The van der Waals surface area contributed by atoms with Gasteiger partial charge in [-0.2, -0.15) is 8.42 Å². The molecule has 0 saturated heterocycles. The molecule has 0 aliphatic rings. The maximum absolute atomic E-state index is 13.1. The average Bonchev–Trinajstić information content (AvgIpc) is 2.81. The summed E-state index contributed by atoms with van der Waals surface area (Å²) in [6.07, 6.45) is 0. The van der Waals surface area contributed by atoms with Crippen molar-refractivity contribution in [1.82, 2.24) is 14.7 Å². The number of ether oxygens (including phenoxy) is 1. The van der Waals surface area contributed by atoms with Crippen LogP contribution in [0.2, 0.25) is 0 Å². The summed E-state index contributed by atoms with van der Waals surface area (Å²) in [5.41, 5.74) is 4.95. The number of nitrogens with one attached hydrogen (secondary N) is 1. The quantitative estimate of drug-likeness (QED) is 0.367. The molecule has 0 bridgehead atoms. The smallest absolute Gasteiger partial charge is 0.281 e. The largest absolute Gasteiger partial charge is 0.438 e. The number of aromatic nitrogens is 2. The van der Waals surface area contributed by atoms with Crippen LogP contribution in [0.1, 0.15) is 35.6 Å². The minimum Gasteiger partial charge on any atom is -0.438 e. The molecular weight excluding hydrogens is 462 g/mol. The second-order valence-electron chi connectivity index (χ2n) is 8.34. The van der Waals surface area contributed by atoms with E-state index < -0.39 is 15.9 Å². The molecule has 7 nitrogen and oxygen atoms in total. The van der Waals surface area contributed by atoms with Gasteiger partial charge in [-0.1, -0.05) is 53.6 Å². The third kappa shape index (κ3) is 5.55. The first-order chi connectivity index (χ1) is 16.6. The van der Waals surface area contributed by atoms with Gasteiger partial charge in [-0.15, -0.1) is 0 Å². The van der Waals surface area contributed by atoms with E-state index in [0.717, 1.165) is 22.3 Å². The zero-order valence-corrected chi connectivity index (χ0v) is 20.7. The van der Waals surface area contributed by atoms with Crippen molar-refractivity contribution in [2.24, 2.45) is 0 Å². The van der Waals surface area contributed by atoms with Crippen molar-refractivity contribution in [2.75, 3.05) is 0 Å². The fourth-order valence-corrected chi connectivity index (χ4v) is 4.47. The topological polar surface area (TPSA) is 98.2 Å². The zero-order chi connectivity index (χ0) is 25.2. The van der Waals surface area contributed by atoms with Gasteiger partial charge in [0.25, 0.3) is 15.9 Å². The Hall–Kier alpha value is -4.04. The highest BCUT2D eigenvalue weighted by Gasteiger charge is 2.24. The van der Waals surface area contributed by atoms with Gasteiger partial charge in [-0.05, 0) is 63.6 Å². The number of nitrogens with zero attached hydrogens (tertiary/aromatic N) is 2. The molecule has 8 heteroatoms. The zero-order valence-electron chi connectivity index (χ0n) is 19.9. The molecule has 0 fully saturated rings. The lowest BCUT2D eigenvalue weighted by atomic mass is 10.1. The molecule has 0 saturated carbocycles. The fraction of sp³-hybridized carbons (Fsp3) is 0.148. The number of hydrogen-bond donors (Lipinski definition) is 1. The second kappa shape index (κ2) is 9.68. The molecule has 4 rings (SSSR count). The molecular formula is C27H29N3O4S. The molecule has 1 N–H and O–H groups in total. The molecule has 0 radical (unpaired) electrons.